The molecule has 0 saturated heterocycles. The Morgan fingerprint density at radius 3 is 2.39 bits per heavy atom. The number of anilines is 2. The van der Waals surface area contributed by atoms with Gasteiger partial charge in [-0.1, -0.05) is 18.5 Å². The molecule has 3 aliphatic carbocycles. The van der Waals surface area contributed by atoms with Crippen LogP contribution in [0.4, 0.5) is 11.4 Å². The number of benzene rings is 1. The average Bonchev–Trinajstić information content (AvgIpc) is 2.74. The smallest absolute Gasteiger partial charge is 0.255 e. The fraction of sp³-hybridized carbons (Fsp3) is 0.476. The Bertz CT molecular complexity index is 1150. The number of carbonyl (C=O) groups excluding carboxylic acids is 3. The molecule has 3 aliphatic rings. The summed E-state index contributed by atoms with van der Waals surface area (Å²) >= 11 is 6.27. The number of aliphatic hydroxyl groups excluding tert-OH is 3. The maximum atomic E-state index is 13.6. The fourth-order valence-corrected chi connectivity index (χ4v) is 6.19. The van der Waals surface area contributed by atoms with Crippen LogP contribution in [0.2, 0.25) is 5.02 Å². The van der Waals surface area contributed by atoms with Crippen LogP contribution in [-0.4, -0.2) is 67.9 Å². The zero-order valence-electron chi connectivity index (χ0n) is 17.7. The maximum Gasteiger partial charge on any atom is 0.255 e. The lowest BCUT2D eigenvalue weighted by Crippen LogP contribution is -2.69. The van der Waals surface area contributed by atoms with Gasteiger partial charge < -0.3 is 42.3 Å². The molecule has 0 spiro atoms. The van der Waals surface area contributed by atoms with Crippen molar-refractivity contribution in [3.8, 4) is 5.75 Å². The van der Waals surface area contributed by atoms with Crippen molar-refractivity contribution in [2.45, 2.75) is 37.1 Å². The third-order valence-corrected chi connectivity index (χ3v) is 7.84. The molecular formula is C21H24ClN3O8. The first kappa shape index (κ1) is 23.3. The highest BCUT2D eigenvalue weighted by atomic mass is 35.5. The number of phenolic OH excluding ortho intramolecular Hbond substituents is 1. The number of hydrogen-bond acceptors (Lipinski definition) is 10. The minimum Gasteiger partial charge on any atom is -0.508 e. The molecule has 1 aromatic rings. The van der Waals surface area contributed by atoms with Gasteiger partial charge in [-0.2, -0.15) is 0 Å². The van der Waals surface area contributed by atoms with Crippen molar-refractivity contribution in [1.29, 1.82) is 0 Å². The number of halogens is 1. The van der Waals surface area contributed by atoms with E-state index in [0.29, 0.717) is 0 Å². The largest absolute Gasteiger partial charge is 0.508 e. The SMILES string of the molecule is CNc1c(Cl)c(N)c(O)c2c1[C@@H](C)C1C(C2=O)C(O)C2(O)C(O)=C(C(N)=O)C(=O)CC2[C@H]1O. The van der Waals surface area contributed by atoms with Gasteiger partial charge in [-0.25, -0.2) is 0 Å². The van der Waals surface area contributed by atoms with Crippen molar-refractivity contribution < 1.29 is 39.9 Å². The zero-order valence-corrected chi connectivity index (χ0v) is 18.4. The molecular weight excluding hydrogens is 458 g/mol. The van der Waals surface area contributed by atoms with Crippen molar-refractivity contribution in [3.05, 3.63) is 27.5 Å². The first-order chi connectivity index (χ1) is 15.3. The number of nitrogen functional groups attached to an aromatic ring is 1. The van der Waals surface area contributed by atoms with Gasteiger partial charge in [0.05, 0.1) is 34.0 Å². The Balaban J connectivity index is 1.99. The molecule has 0 bridgehead atoms. The number of nitrogens with one attached hydrogen (secondary N) is 1. The summed E-state index contributed by atoms with van der Waals surface area (Å²) in [5, 5.41) is 57.9. The van der Waals surface area contributed by atoms with E-state index in [2.05, 4.69) is 5.32 Å². The van der Waals surface area contributed by atoms with Crippen molar-refractivity contribution in [3.63, 3.8) is 0 Å². The molecule has 33 heavy (non-hydrogen) atoms. The van der Waals surface area contributed by atoms with E-state index < -0.39 is 82.5 Å². The lowest BCUT2D eigenvalue weighted by atomic mass is 9.51. The molecule has 10 N–H and O–H groups in total. The first-order valence-corrected chi connectivity index (χ1v) is 10.6. The molecule has 4 rings (SSSR count). The Hall–Kier alpha value is -2.86. The molecule has 12 heteroatoms. The molecule has 11 nitrogen and oxygen atoms in total. The Labute approximate surface area is 192 Å². The van der Waals surface area contributed by atoms with Gasteiger partial charge in [0.15, 0.2) is 22.9 Å². The summed E-state index contributed by atoms with van der Waals surface area (Å²) in [5.41, 5.74) is 7.44. The van der Waals surface area contributed by atoms with Crippen LogP contribution in [-0.2, 0) is 9.59 Å². The molecule has 0 aromatic heterocycles. The van der Waals surface area contributed by atoms with Crippen LogP contribution in [0.15, 0.2) is 11.3 Å². The van der Waals surface area contributed by atoms with E-state index in [1.165, 1.54) is 7.05 Å². The number of phenols is 1. The number of aromatic hydroxyl groups is 1. The molecule has 1 saturated carbocycles. The minimum absolute atomic E-state index is 0.0336. The molecule has 0 aliphatic heterocycles. The Kier molecular flexibility index (Phi) is 5.17. The van der Waals surface area contributed by atoms with Gasteiger partial charge in [0.1, 0.15) is 17.4 Å². The molecule has 178 valence electrons. The van der Waals surface area contributed by atoms with Crippen molar-refractivity contribution in [2.24, 2.45) is 23.5 Å². The van der Waals surface area contributed by atoms with Crippen molar-refractivity contribution in [1.82, 2.24) is 0 Å². The number of hydrogen-bond donors (Lipinski definition) is 8. The maximum absolute atomic E-state index is 13.6. The van der Waals surface area contributed by atoms with Crippen molar-refractivity contribution >= 4 is 40.4 Å². The number of nitrogens with two attached hydrogens (primary N) is 2. The third-order valence-electron chi connectivity index (χ3n) is 7.44. The minimum atomic E-state index is -2.70. The standard InChI is InChI=1S/C21H24ClN3O8/c1-4-7-10(17(29)13(23)12(22)14(7)25-2)16(28)11-8(4)15(27)5-3-6(26)9(20(24)32)18(30)21(5,33)19(11)31/h4-5,8,11,15,19,25,27,29-31,33H,3,23H2,1-2H3,(H2,24,32)/t4-,5?,8?,11?,15-,19?,21?/m1/s1. The van der Waals surface area contributed by atoms with Crippen LogP contribution in [0, 0.1) is 17.8 Å². The quantitative estimate of drug-likeness (QED) is 0.118. The number of aliphatic hydroxyl groups is 4. The topological polar surface area (TPSA) is 216 Å². The number of primary amides is 1. The van der Waals surface area contributed by atoms with E-state index in [4.69, 9.17) is 23.1 Å². The first-order valence-electron chi connectivity index (χ1n) is 10.2. The summed E-state index contributed by atoms with van der Waals surface area (Å²) in [6.45, 7) is 1.63. The summed E-state index contributed by atoms with van der Waals surface area (Å²) in [5.74, 6) is -9.59. The summed E-state index contributed by atoms with van der Waals surface area (Å²) in [4.78, 5) is 37.8. The number of rotatable bonds is 2. The van der Waals surface area contributed by atoms with Gasteiger partial charge in [-0.15, -0.1) is 0 Å². The highest BCUT2D eigenvalue weighted by molar-refractivity contribution is 6.37. The van der Waals surface area contributed by atoms with Gasteiger partial charge in [0, 0.05) is 25.3 Å². The van der Waals surface area contributed by atoms with Crippen LogP contribution < -0.4 is 16.8 Å². The molecule has 0 radical (unpaired) electrons. The van der Waals surface area contributed by atoms with Crippen LogP contribution in [0.5, 0.6) is 5.75 Å². The normalized spacial score (nSPS) is 35.6. The van der Waals surface area contributed by atoms with Crippen LogP contribution >= 0.6 is 11.6 Å². The number of Topliss-reactive ketones (excluding diaryl/α,β-unsaturated/α-hetero) is 2. The van der Waals surface area contributed by atoms with Gasteiger partial charge in [0.2, 0.25) is 0 Å². The van der Waals surface area contributed by atoms with Crippen LogP contribution in [0.25, 0.3) is 0 Å². The lowest BCUT2D eigenvalue weighted by molar-refractivity contribution is -0.209. The Morgan fingerprint density at radius 2 is 1.85 bits per heavy atom. The van der Waals surface area contributed by atoms with Gasteiger partial charge in [-0.05, 0) is 11.5 Å². The molecule has 5 unspecified atom stereocenters. The number of amides is 1. The highest BCUT2D eigenvalue weighted by Crippen LogP contribution is 2.59. The number of fused-ring (bicyclic) bond motifs is 3. The van der Waals surface area contributed by atoms with E-state index >= 15 is 0 Å². The molecule has 1 amide bonds. The summed E-state index contributed by atoms with van der Waals surface area (Å²) < 4.78 is 0. The summed E-state index contributed by atoms with van der Waals surface area (Å²) in [7, 11) is 1.53. The van der Waals surface area contributed by atoms with Gasteiger partial charge in [0.25, 0.3) is 5.91 Å². The van der Waals surface area contributed by atoms with Gasteiger partial charge >= 0.3 is 0 Å². The van der Waals surface area contributed by atoms with Crippen LogP contribution in [0.3, 0.4) is 0 Å². The second-order valence-electron chi connectivity index (χ2n) is 8.83. The van der Waals surface area contributed by atoms with Gasteiger partial charge in [-0.3, -0.25) is 14.4 Å². The predicted molar refractivity (Wildman–Crippen MR) is 116 cm³/mol. The van der Waals surface area contributed by atoms with E-state index in [0.717, 1.165) is 0 Å². The van der Waals surface area contributed by atoms with E-state index in [9.17, 15) is 39.9 Å². The number of carbonyl (C=O) groups is 3. The molecule has 7 atom stereocenters. The monoisotopic (exact) mass is 481 g/mol. The number of ketones is 2. The van der Waals surface area contributed by atoms with E-state index in [1.807, 2.05) is 0 Å². The van der Waals surface area contributed by atoms with E-state index in [-0.39, 0.29) is 27.5 Å². The van der Waals surface area contributed by atoms with Crippen LogP contribution in [0.1, 0.15) is 35.2 Å². The van der Waals surface area contributed by atoms with Crippen molar-refractivity contribution in [2.75, 3.05) is 18.1 Å². The third kappa shape index (κ3) is 2.70. The Morgan fingerprint density at radius 1 is 1.24 bits per heavy atom. The zero-order chi connectivity index (χ0) is 24.7. The average molecular weight is 482 g/mol. The second-order valence-corrected chi connectivity index (χ2v) is 9.21. The summed E-state index contributed by atoms with van der Waals surface area (Å²) in [6.07, 6.45) is -4.21. The molecule has 1 aromatic carbocycles. The second kappa shape index (κ2) is 7.32. The molecule has 1 fully saturated rings. The molecule has 0 heterocycles. The van der Waals surface area contributed by atoms with E-state index in [1.54, 1.807) is 6.92 Å². The fourth-order valence-electron chi connectivity index (χ4n) is 5.90. The predicted octanol–water partition coefficient (Wildman–Crippen LogP) is -0.445. The summed E-state index contributed by atoms with van der Waals surface area (Å²) in [6, 6.07) is 0. The highest BCUT2D eigenvalue weighted by Gasteiger charge is 2.67. The lowest BCUT2D eigenvalue weighted by Gasteiger charge is -2.56.